The van der Waals surface area contributed by atoms with Gasteiger partial charge in [0.2, 0.25) is 0 Å². The number of unbranched alkanes of at least 4 members (excludes halogenated alkanes) is 1. The molecule has 0 saturated carbocycles. The molecule has 1 aliphatic rings. The topological polar surface area (TPSA) is 9.23 Å². The minimum absolute atomic E-state index is 0.637. The molecule has 0 fully saturated rings. The summed E-state index contributed by atoms with van der Waals surface area (Å²) >= 11 is 0. The van der Waals surface area contributed by atoms with Crippen molar-refractivity contribution in [2.75, 3.05) is 6.61 Å². The second-order valence-corrected chi connectivity index (χ2v) is 11.0. The van der Waals surface area contributed by atoms with Gasteiger partial charge in [-0.05, 0) is 83.4 Å². The van der Waals surface area contributed by atoms with E-state index in [1.54, 1.807) is 11.1 Å². The predicted molar refractivity (Wildman–Crippen MR) is 166 cm³/mol. The van der Waals surface area contributed by atoms with Crippen molar-refractivity contribution in [2.24, 2.45) is 0 Å². The van der Waals surface area contributed by atoms with Crippen molar-refractivity contribution in [3.63, 3.8) is 0 Å². The zero-order valence-electron chi connectivity index (χ0n) is 23.2. The molecule has 0 bridgehead atoms. The van der Waals surface area contributed by atoms with E-state index in [0.717, 1.165) is 42.4 Å². The van der Waals surface area contributed by atoms with Crippen molar-refractivity contribution in [2.45, 2.75) is 50.0 Å². The summed E-state index contributed by atoms with van der Waals surface area (Å²) in [5.74, 6) is 0.643. The average Bonchev–Trinajstić information content (AvgIpc) is 3.42. The highest BCUT2D eigenvalue weighted by Crippen LogP contribution is 2.41. The Morgan fingerprint density at radius 1 is 0.575 bits per heavy atom. The van der Waals surface area contributed by atoms with Crippen LogP contribution in [-0.4, -0.2) is 6.61 Å². The van der Waals surface area contributed by atoms with E-state index in [-0.39, 0.29) is 0 Å². The van der Waals surface area contributed by atoms with E-state index in [1.807, 2.05) is 0 Å². The van der Waals surface area contributed by atoms with Crippen LogP contribution in [0.5, 0.6) is 0 Å². The highest BCUT2D eigenvalue weighted by Gasteiger charge is 2.37. The maximum atomic E-state index is 6.98. The van der Waals surface area contributed by atoms with Gasteiger partial charge in [-0.1, -0.05) is 140 Å². The predicted octanol–water partition coefficient (Wildman–Crippen LogP) is 9.29. The maximum absolute atomic E-state index is 6.98. The lowest BCUT2D eigenvalue weighted by Crippen LogP contribution is -2.33. The SMILES string of the molecule is c1ccc(CC2CCc3ccc(CCCCOC(c4ccccc4)(c4ccccc4)c4ccccc4)cc32)cc1. The van der Waals surface area contributed by atoms with E-state index in [1.165, 1.54) is 24.0 Å². The van der Waals surface area contributed by atoms with E-state index < -0.39 is 5.60 Å². The third kappa shape index (κ3) is 5.67. The monoisotopic (exact) mass is 522 g/mol. The first-order chi connectivity index (χ1) is 19.8. The van der Waals surface area contributed by atoms with Crippen LogP contribution in [0.3, 0.4) is 0 Å². The third-order valence-electron chi connectivity index (χ3n) is 8.46. The Morgan fingerprint density at radius 3 is 1.70 bits per heavy atom. The van der Waals surface area contributed by atoms with Gasteiger partial charge in [0, 0.05) is 6.61 Å². The fraction of sp³-hybridized carbons (Fsp3) is 0.231. The van der Waals surface area contributed by atoms with Crippen molar-refractivity contribution >= 4 is 0 Å². The summed E-state index contributed by atoms with van der Waals surface area (Å²) in [6.07, 6.45) is 6.83. The van der Waals surface area contributed by atoms with Gasteiger partial charge in [-0.15, -0.1) is 0 Å². The van der Waals surface area contributed by atoms with Crippen LogP contribution in [0.25, 0.3) is 0 Å². The smallest absolute Gasteiger partial charge is 0.143 e. The molecule has 0 heterocycles. The second-order valence-electron chi connectivity index (χ2n) is 11.0. The molecule has 1 nitrogen and oxygen atoms in total. The summed E-state index contributed by atoms with van der Waals surface area (Å²) in [5, 5.41) is 0. The second kappa shape index (κ2) is 12.5. The lowest BCUT2D eigenvalue weighted by molar-refractivity contribution is 0.0109. The van der Waals surface area contributed by atoms with Crippen LogP contribution >= 0.6 is 0 Å². The van der Waals surface area contributed by atoms with Crippen molar-refractivity contribution in [1.29, 1.82) is 0 Å². The Hall–Kier alpha value is -3.94. The van der Waals surface area contributed by atoms with Gasteiger partial charge in [0.05, 0.1) is 0 Å². The molecule has 200 valence electrons. The molecule has 5 aromatic carbocycles. The van der Waals surface area contributed by atoms with Crippen molar-refractivity contribution < 1.29 is 4.74 Å². The summed E-state index contributed by atoms with van der Waals surface area (Å²) in [6.45, 7) is 0.695. The lowest BCUT2D eigenvalue weighted by atomic mass is 9.80. The molecule has 0 aliphatic heterocycles. The van der Waals surface area contributed by atoms with Crippen molar-refractivity contribution in [3.8, 4) is 0 Å². The highest BCUT2D eigenvalue weighted by molar-refractivity contribution is 5.47. The molecule has 1 unspecified atom stereocenters. The van der Waals surface area contributed by atoms with Crippen LogP contribution < -0.4 is 0 Å². The molecule has 0 saturated heterocycles. The first-order valence-corrected chi connectivity index (χ1v) is 14.8. The zero-order valence-corrected chi connectivity index (χ0v) is 23.2. The molecular weight excluding hydrogens is 484 g/mol. The molecule has 40 heavy (non-hydrogen) atoms. The fourth-order valence-corrected chi connectivity index (χ4v) is 6.43. The van der Waals surface area contributed by atoms with Crippen LogP contribution in [-0.2, 0) is 29.6 Å². The van der Waals surface area contributed by atoms with Gasteiger partial charge in [0.25, 0.3) is 0 Å². The van der Waals surface area contributed by atoms with Gasteiger partial charge < -0.3 is 4.74 Å². The fourth-order valence-electron chi connectivity index (χ4n) is 6.43. The number of hydrogen-bond acceptors (Lipinski definition) is 1. The van der Waals surface area contributed by atoms with Gasteiger partial charge in [0.15, 0.2) is 0 Å². The van der Waals surface area contributed by atoms with E-state index in [9.17, 15) is 0 Å². The Morgan fingerprint density at radius 2 is 1.12 bits per heavy atom. The Bertz CT molecular complexity index is 1380. The standard InChI is InChI=1S/C39H38O/c1-5-15-31(16-6-1)29-34-27-26-33-25-24-32(30-38(33)34)17-13-14-28-40-39(35-18-7-2-8-19-35,36-20-9-3-10-21-36)37-22-11-4-12-23-37/h1-12,15-16,18-25,30,34H,13-14,17,26-29H2. The molecule has 5 aromatic rings. The number of rotatable bonds is 11. The van der Waals surface area contributed by atoms with Gasteiger partial charge in [-0.25, -0.2) is 0 Å². The summed E-state index contributed by atoms with van der Waals surface area (Å²) in [6, 6.07) is 50.2. The van der Waals surface area contributed by atoms with E-state index in [2.05, 4.69) is 140 Å². The number of hydrogen-bond donors (Lipinski definition) is 0. The van der Waals surface area contributed by atoms with Gasteiger partial charge in [-0.3, -0.25) is 0 Å². The summed E-state index contributed by atoms with van der Waals surface area (Å²) in [7, 11) is 0. The molecule has 1 heteroatoms. The molecule has 6 rings (SSSR count). The Labute approximate surface area is 239 Å². The summed E-state index contributed by atoms with van der Waals surface area (Å²) in [4.78, 5) is 0. The normalized spacial score (nSPS) is 14.7. The van der Waals surface area contributed by atoms with Gasteiger partial charge in [0.1, 0.15) is 5.60 Å². The van der Waals surface area contributed by atoms with E-state index in [4.69, 9.17) is 4.74 Å². The first kappa shape index (κ1) is 26.3. The number of fused-ring (bicyclic) bond motifs is 1. The van der Waals surface area contributed by atoms with Crippen LogP contribution in [0, 0.1) is 0 Å². The molecular formula is C39H38O. The molecule has 0 spiro atoms. The van der Waals surface area contributed by atoms with Crippen molar-refractivity contribution in [3.05, 3.63) is 178 Å². The van der Waals surface area contributed by atoms with Crippen molar-refractivity contribution in [1.82, 2.24) is 0 Å². The highest BCUT2D eigenvalue weighted by atomic mass is 16.5. The van der Waals surface area contributed by atoms with Crippen LogP contribution in [0.1, 0.15) is 64.1 Å². The molecule has 0 N–H and O–H groups in total. The third-order valence-corrected chi connectivity index (χ3v) is 8.46. The van der Waals surface area contributed by atoms with Crippen LogP contribution in [0.4, 0.5) is 0 Å². The van der Waals surface area contributed by atoms with Gasteiger partial charge >= 0.3 is 0 Å². The van der Waals surface area contributed by atoms with Crippen LogP contribution in [0.2, 0.25) is 0 Å². The lowest BCUT2D eigenvalue weighted by Gasteiger charge is -2.36. The molecule has 0 amide bonds. The Balaban J connectivity index is 1.15. The zero-order chi connectivity index (χ0) is 27.0. The molecule has 1 atom stereocenters. The first-order valence-electron chi connectivity index (χ1n) is 14.8. The molecule has 0 radical (unpaired) electrons. The maximum Gasteiger partial charge on any atom is 0.143 e. The molecule has 0 aromatic heterocycles. The van der Waals surface area contributed by atoms with E-state index in [0.29, 0.717) is 12.5 Å². The van der Waals surface area contributed by atoms with E-state index >= 15 is 0 Å². The summed E-state index contributed by atoms with van der Waals surface area (Å²) < 4.78 is 6.98. The quantitative estimate of drug-likeness (QED) is 0.124. The summed E-state index contributed by atoms with van der Waals surface area (Å²) in [5.41, 5.74) is 8.88. The Kier molecular flexibility index (Phi) is 8.21. The molecule has 1 aliphatic carbocycles. The largest absolute Gasteiger partial charge is 0.361 e. The average molecular weight is 523 g/mol. The number of aryl methyl sites for hydroxylation is 2. The minimum Gasteiger partial charge on any atom is -0.361 e. The van der Waals surface area contributed by atoms with Crippen LogP contribution in [0.15, 0.2) is 140 Å². The minimum atomic E-state index is -0.637. The number of ether oxygens (including phenoxy) is 1. The van der Waals surface area contributed by atoms with Gasteiger partial charge in [-0.2, -0.15) is 0 Å². The number of benzene rings is 5.